The van der Waals surface area contributed by atoms with E-state index in [1.54, 1.807) is 30.9 Å². The lowest BCUT2D eigenvalue weighted by atomic mass is 9.85. The third-order valence-electron chi connectivity index (χ3n) is 14.1. The third-order valence-corrected chi connectivity index (χ3v) is 14.1. The van der Waals surface area contributed by atoms with Gasteiger partial charge < -0.3 is 20.6 Å². The van der Waals surface area contributed by atoms with Crippen molar-refractivity contribution in [3.63, 3.8) is 0 Å². The van der Waals surface area contributed by atoms with E-state index in [9.17, 15) is 24.0 Å². The second-order valence-electron chi connectivity index (χ2n) is 22.2. The number of imidazole rings is 2. The summed E-state index contributed by atoms with van der Waals surface area (Å²) in [7, 11) is 0. The summed E-state index contributed by atoms with van der Waals surface area (Å²) in [5.74, 6) is -0.884. The molecule has 0 atom stereocenters. The molecule has 17 heteroatoms. The summed E-state index contributed by atoms with van der Waals surface area (Å²) in [6.45, 7) is 22.5. The van der Waals surface area contributed by atoms with Crippen molar-refractivity contribution in [2.75, 3.05) is 58.9 Å². The van der Waals surface area contributed by atoms with Crippen LogP contribution in [0, 0.1) is 0 Å². The predicted octanol–water partition coefficient (Wildman–Crippen LogP) is 9.65. The van der Waals surface area contributed by atoms with Crippen LogP contribution < -0.4 is 10.6 Å². The molecule has 3 N–H and O–H groups in total. The topological polar surface area (TPSA) is 201 Å². The Hall–Kier alpha value is -8.25. The lowest BCUT2D eigenvalue weighted by Gasteiger charge is -2.35. The van der Waals surface area contributed by atoms with Gasteiger partial charge >= 0.3 is 12.0 Å². The number of fused-ring (bicyclic) bond motifs is 2. The standard InChI is InChI=1S/C28H34N4O2.C15H20O3.C14H17N3.C7H6N4O/c1-28(2,3)24-11-9-22(10-12-24)27(34)30-15-13-25(33)32-18-16-31(17-19-32)20-23-7-4-6-21-8-5-14-29-26(21)23;1-15(2,3)12-7-4-6-11(10-12)13(16)8-5-9-14(17)18;1-3-12-5-2-6-16-14(12)13(4-1)11-17-9-7-15-8-10-17;12-7(10-3-1-8-5-10)11-4-2-9-6-11/h4-12,14H,13,15-20H2,1-3H3,(H,30,34);4,6-7,10H,5,8-9H2,1-3H3,(H,17,18);1-6,15H,7-11H2;1-6H. The number of rotatable bonds is 13. The van der Waals surface area contributed by atoms with Crippen molar-refractivity contribution in [1.82, 2.24) is 54.4 Å². The van der Waals surface area contributed by atoms with Gasteiger partial charge in [0, 0.05) is 150 Å². The molecule has 4 aromatic heterocycles. The first-order valence-electron chi connectivity index (χ1n) is 27.8. The summed E-state index contributed by atoms with van der Waals surface area (Å²) < 4.78 is 2.75. The smallest absolute Gasteiger partial charge is 0.338 e. The molecule has 2 saturated heterocycles. The van der Waals surface area contributed by atoms with Crippen LogP contribution >= 0.6 is 0 Å². The number of carboxylic acid groups (broad SMARTS) is 1. The normalized spacial score (nSPS) is 13.9. The Balaban J connectivity index is 0.000000169. The molecule has 10 rings (SSSR count). The van der Waals surface area contributed by atoms with E-state index in [-0.39, 0.29) is 40.9 Å². The molecule has 17 nitrogen and oxygen atoms in total. The highest BCUT2D eigenvalue weighted by molar-refractivity contribution is 5.96. The van der Waals surface area contributed by atoms with Gasteiger partial charge in [-0.25, -0.2) is 14.8 Å². The number of carboxylic acids is 1. The first kappa shape index (κ1) is 60.4. The van der Waals surface area contributed by atoms with Crippen LogP contribution in [-0.4, -0.2) is 137 Å². The molecule has 4 aromatic carbocycles. The number of aromatic nitrogens is 6. The lowest BCUT2D eigenvalue weighted by Crippen LogP contribution is -2.48. The monoisotopic (exact) mass is 1100 g/mol. The number of nitrogens with one attached hydrogen (secondary N) is 2. The molecular weight excluding hydrogens is 1020 g/mol. The average Bonchev–Trinajstić information content (AvgIpc) is 4.33. The summed E-state index contributed by atoms with van der Waals surface area (Å²) in [4.78, 5) is 82.1. The molecular formula is C64H77N11O6. The van der Waals surface area contributed by atoms with E-state index < -0.39 is 5.97 Å². The van der Waals surface area contributed by atoms with E-state index in [0.29, 0.717) is 50.0 Å². The van der Waals surface area contributed by atoms with Gasteiger partial charge in [-0.1, -0.05) is 120 Å². The largest absolute Gasteiger partial charge is 0.481 e. The Morgan fingerprint density at radius 2 is 1.10 bits per heavy atom. The maximum absolute atomic E-state index is 12.7. The molecule has 0 radical (unpaired) electrons. The van der Waals surface area contributed by atoms with E-state index in [2.05, 4.69) is 130 Å². The maximum Gasteiger partial charge on any atom is 0.338 e. The molecule has 424 valence electrons. The zero-order valence-corrected chi connectivity index (χ0v) is 47.6. The first-order valence-corrected chi connectivity index (χ1v) is 27.8. The number of nitrogens with zero attached hydrogens (tertiary/aromatic N) is 9. The zero-order chi connectivity index (χ0) is 57.8. The number of hydrogen-bond donors (Lipinski definition) is 3. The molecule has 2 amide bonds. The van der Waals surface area contributed by atoms with Crippen molar-refractivity contribution in [3.8, 4) is 0 Å². The number of aliphatic carboxylic acids is 1. The number of Topliss-reactive ketones (excluding diaryl/α,β-unsaturated/α-hetero) is 1. The Labute approximate surface area is 475 Å². The van der Waals surface area contributed by atoms with Crippen LogP contribution in [0.1, 0.15) is 110 Å². The fraction of sp³-hybridized carbons (Fsp3) is 0.359. The average molecular weight is 1100 g/mol. The van der Waals surface area contributed by atoms with Gasteiger partial charge in [0.1, 0.15) is 12.7 Å². The molecule has 6 heterocycles. The highest BCUT2D eigenvalue weighted by atomic mass is 16.4. The molecule has 0 bridgehead atoms. The molecule has 0 spiro atoms. The van der Waals surface area contributed by atoms with Gasteiger partial charge in [-0.3, -0.25) is 48.1 Å². The zero-order valence-electron chi connectivity index (χ0n) is 47.6. The minimum Gasteiger partial charge on any atom is -0.481 e. The SMILES string of the molecule is CC(C)(C)c1ccc(C(=O)NCCC(=O)N2CCN(Cc3cccc4cccnc34)CC2)cc1.CC(C)(C)c1cccc(C(=O)CCCC(=O)O)c1.O=C(n1ccnc1)n1ccnc1.c1cnc2c(CN3CCNCC3)cccc2c1. The van der Waals surface area contributed by atoms with E-state index in [0.717, 1.165) is 74.3 Å². The van der Waals surface area contributed by atoms with E-state index >= 15 is 0 Å². The lowest BCUT2D eigenvalue weighted by molar-refractivity contribution is -0.137. The molecule has 2 fully saturated rings. The molecule has 2 aliphatic heterocycles. The fourth-order valence-electron chi connectivity index (χ4n) is 9.34. The second-order valence-corrected chi connectivity index (χ2v) is 22.2. The van der Waals surface area contributed by atoms with Crippen LogP contribution in [-0.2, 0) is 33.5 Å². The van der Waals surface area contributed by atoms with Crippen molar-refractivity contribution in [2.24, 2.45) is 0 Å². The van der Waals surface area contributed by atoms with E-state index in [4.69, 9.17) is 5.11 Å². The Bertz CT molecular complexity index is 3250. The maximum atomic E-state index is 12.7. The number of ketones is 1. The number of pyridine rings is 2. The Kier molecular flexibility index (Phi) is 21.8. The van der Waals surface area contributed by atoms with E-state index in [1.165, 1.54) is 43.9 Å². The Morgan fingerprint density at radius 1 is 0.568 bits per heavy atom. The van der Waals surface area contributed by atoms with Crippen LogP contribution in [0.15, 0.2) is 159 Å². The highest BCUT2D eigenvalue weighted by Crippen LogP contribution is 2.25. The van der Waals surface area contributed by atoms with Crippen molar-refractivity contribution >= 4 is 51.4 Å². The van der Waals surface area contributed by atoms with Gasteiger partial charge in [-0.15, -0.1) is 0 Å². The Morgan fingerprint density at radius 3 is 1.62 bits per heavy atom. The quantitative estimate of drug-likeness (QED) is 0.0923. The fourth-order valence-corrected chi connectivity index (χ4v) is 9.34. The molecule has 0 aliphatic carbocycles. The number of para-hydroxylation sites is 2. The highest BCUT2D eigenvalue weighted by Gasteiger charge is 2.23. The van der Waals surface area contributed by atoms with Gasteiger partial charge in [0.25, 0.3) is 5.91 Å². The minimum atomic E-state index is -0.855. The van der Waals surface area contributed by atoms with Crippen molar-refractivity contribution in [2.45, 2.75) is 91.1 Å². The van der Waals surface area contributed by atoms with Crippen molar-refractivity contribution in [1.29, 1.82) is 0 Å². The summed E-state index contributed by atoms with van der Waals surface area (Å²) in [5.41, 5.74) is 8.42. The van der Waals surface area contributed by atoms with Crippen molar-refractivity contribution < 1.29 is 29.1 Å². The number of hydrogen-bond acceptors (Lipinski definition) is 12. The molecule has 0 saturated carbocycles. The summed E-state index contributed by atoms with van der Waals surface area (Å²) in [6.07, 6.45) is 13.9. The summed E-state index contributed by atoms with van der Waals surface area (Å²) in [5, 5.41) is 17.2. The van der Waals surface area contributed by atoms with Crippen LogP contribution in [0.3, 0.4) is 0 Å². The number of carbonyl (C=O) groups is 5. The second kappa shape index (κ2) is 29.3. The number of piperazine rings is 2. The molecule has 81 heavy (non-hydrogen) atoms. The summed E-state index contributed by atoms with van der Waals surface area (Å²) in [6, 6.07) is 36.0. The van der Waals surface area contributed by atoms with Gasteiger partial charge in [0.15, 0.2) is 5.78 Å². The van der Waals surface area contributed by atoms with Gasteiger partial charge in [0.2, 0.25) is 5.91 Å². The third kappa shape index (κ3) is 18.4. The van der Waals surface area contributed by atoms with Crippen molar-refractivity contribution in [3.05, 3.63) is 192 Å². The number of amides is 2. The summed E-state index contributed by atoms with van der Waals surface area (Å²) >= 11 is 0. The predicted molar refractivity (Wildman–Crippen MR) is 317 cm³/mol. The van der Waals surface area contributed by atoms with E-state index in [1.807, 2.05) is 71.9 Å². The minimum absolute atomic E-state index is 0.0113. The number of benzene rings is 4. The first-order chi connectivity index (χ1) is 38.9. The molecule has 2 aliphatic rings. The molecule has 8 aromatic rings. The van der Waals surface area contributed by atoms with Crippen LogP contribution in [0.5, 0.6) is 0 Å². The van der Waals surface area contributed by atoms with Crippen LogP contribution in [0.2, 0.25) is 0 Å². The number of carbonyl (C=O) groups excluding carboxylic acids is 4. The van der Waals surface area contributed by atoms with Gasteiger partial charge in [0.05, 0.1) is 11.0 Å². The van der Waals surface area contributed by atoms with Gasteiger partial charge in [-0.2, -0.15) is 0 Å². The van der Waals surface area contributed by atoms with Crippen LogP contribution in [0.25, 0.3) is 21.8 Å². The molecule has 0 unspecified atom stereocenters. The van der Waals surface area contributed by atoms with Gasteiger partial charge in [-0.05, 0) is 69.8 Å². The van der Waals surface area contributed by atoms with Crippen LogP contribution in [0.4, 0.5) is 4.79 Å².